The first-order chi connectivity index (χ1) is 9.16. The standard InChI is InChI=1S/C14H22N4O/c1-10-13(11(2)16-15-10)14(19)18-8-5-12(9-18)17-6-3-4-7-17/h12H,3-9H2,1-2H3,(H,15,16). The number of rotatable bonds is 2. The van der Waals surface area contributed by atoms with Crippen LogP contribution < -0.4 is 0 Å². The van der Waals surface area contributed by atoms with Crippen LogP contribution in [0.15, 0.2) is 0 Å². The molecule has 1 N–H and O–H groups in total. The van der Waals surface area contributed by atoms with Gasteiger partial charge in [0.2, 0.25) is 0 Å². The Balaban J connectivity index is 1.69. The summed E-state index contributed by atoms with van der Waals surface area (Å²) in [4.78, 5) is 17.1. The number of hydrogen-bond acceptors (Lipinski definition) is 3. The first-order valence-corrected chi connectivity index (χ1v) is 7.21. The lowest BCUT2D eigenvalue weighted by Gasteiger charge is -2.23. The van der Waals surface area contributed by atoms with Crippen molar-refractivity contribution >= 4 is 5.91 Å². The van der Waals surface area contributed by atoms with Crippen LogP contribution in [0.25, 0.3) is 0 Å². The van der Waals surface area contributed by atoms with Crippen molar-refractivity contribution in [3.05, 3.63) is 17.0 Å². The predicted molar refractivity (Wildman–Crippen MR) is 73.2 cm³/mol. The Hall–Kier alpha value is -1.36. The van der Waals surface area contributed by atoms with Gasteiger partial charge in [-0.05, 0) is 46.2 Å². The molecule has 1 atom stereocenters. The minimum atomic E-state index is 0.144. The SMILES string of the molecule is Cc1n[nH]c(C)c1C(=O)N1CCC(N2CCCC2)C1. The van der Waals surface area contributed by atoms with Gasteiger partial charge in [0.05, 0.1) is 11.3 Å². The van der Waals surface area contributed by atoms with E-state index in [-0.39, 0.29) is 5.91 Å². The van der Waals surface area contributed by atoms with Crippen LogP contribution in [-0.4, -0.2) is 58.1 Å². The van der Waals surface area contributed by atoms with Crippen molar-refractivity contribution in [2.75, 3.05) is 26.2 Å². The van der Waals surface area contributed by atoms with Gasteiger partial charge in [0.25, 0.3) is 5.91 Å². The molecule has 0 aliphatic carbocycles. The fourth-order valence-corrected chi connectivity index (χ4v) is 3.36. The largest absolute Gasteiger partial charge is 0.337 e. The van der Waals surface area contributed by atoms with Gasteiger partial charge in [-0.25, -0.2) is 0 Å². The normalized spacial score (nSPS) is 24.3. The zero-order chi connectivity index (χ0) is 13.4. The topological polar surface area (TPSA) is 52.2 Å². The number of aromatic nitrogens is 2. The summed E-state index contributed by atoms with van der Waals surface area (Å²) in [5.74, 6) is 0.144. The van der Waals surface area contributed by atoms with Crippen LogP contribution in [0.2, 0.25) is 0 Å². The van der Waals surface area contributed by atoms with E-state index in [1.165, 1.54) is 25.9 Å². The van der Waals surface area contributed by atoms with Crippen molar-refractivity contribution in [2.45, 2.75) is 39.2 Å². The molecule has 0 aromatic carbocycles. The Kier molecular flexibility index (Phi) is 3.31. The molecule has 2 aliphatic heterocycles. The minimum absolute atomic E-state index is 0.144. The predicted octanol–water partition coefficient (Wildman–Crippen LogP) is 1.34. The van der Waals surface area contributed by atoms with Crippen LogP contribution in [-0.2, 0) is 0 Å². The van der Waals surface area contributed by atoms with E-state index < -0.39 is 0 Å². The van der Waals surface area contributed by atoms with Gasteiger partial charge in [-0.15, -0.1) is 0 Å². The van der Waals surface area contributed by atoms with Gasteiger partial charge in [-0.3, -0.25) is 14.8 Å². The smallest absolute Gasteiger partial charge is 0.257 e. The van der Waals surface area contributed by atoms with Crippen LogP contribution >= 0.6 is 0 Å². The van der Waals surface area contributed by atoms with Gasteiger partial charge in [0, 0.05) is 24.8 Å². The molecule has 1 aromatic rings. The molecule has 3 heterocycles. The van der Waals surface area contributed by atoms with E-state index in [9.17, 15) is 4.79 Å². The average molecular weight is 262 g/mol. The summed E-state index contributed by atoms with van der Waals surface area (Å²) in [5, 5.41) is 7.02. The third kappa shape index (κ3) is 2.27. The fraction of sp³-hybridized carbons (Fsp3) is 0.714. The molecule has 2 aliphatic rings. The van der Waals surface area contributed by atoms with Gasteiger partial charge >= 0.3 is 0 Å². The summed E-state index contributed by atoms with van der Waals surface area (Å²) in [6, 6.07) is 0.568. The van der Waals surface area contributed by atoms with Crippen molar-refractivity contribution in [1.82, 2.24) is 20.0 Å². The number of hydrogen-bond donors (Lipinski definition) is 1. The van der Waals surface area contributed by atoms with Crippen LogP contribution in [0.4, 0.5) is 0 Å². The summed E-state index contributed by atoms with van der Waals surface area (Å²) >= 11 is 0. The van der Waals surface area contributed by atoms with Crippen LogP contribution in [0.5, 0.6) is 0 Å². The van der Waals surface area contributed by atoms with Crippen molar-refractivity contribution < 1.29 is 4.79 Å². The molecule has 5 heteroatoms. The molecular weight excluding hydrogens is 240 g/mol. The molecule has 3 rings (SSSR count). The Morgan fingerprint density at radius 3 is 2.63 bits per heavy atom. The molecular formula is C14H22N4O. The van der Waals surface area contributed by atoms with E-state index in [0.29, 0.717) is 6.04 Å². The Morgan fingerprint density at radius 1 is 1.26 bits per heavy atom. The number of carbonyl (C=O) groups is 1. The first-order valence-electron chi connectivity index (χ1n) is 7.21. The lowest BCUT2D eigenvalue weighted by Crippen LogP contribution is -2.37. The van der Waals surface area contributed by atoms with Gasteiger partial charge in [-0.2, -0.15) is 5.10 Å². The molecule has 0 saturated carbocycles. The molecule has 19 heavy (non-hydrogen) atoms. The monoisotopic (exact) mass is 262 g/mol. The van der Waals surface area contributed by atoms with E-state index in [0.717, 1.165) is 36.5 Å². The maximum absolute atomic E-state index is 12.6. The first kappa shape index (κ1) is 12.7. The summed E-state index contributed by atoms with van der Waals surface area (Å²) in [6.45, 7) is 7.98. The highest BCUT2D eigenvalue weighted by atomic mass is 16.2. The number of amides is 1. The van der Waals surface area contributed by atoms with Gasteiger partial charge in [-0.1, -0.05) is 0 Å². The zero-order valence-electron chi connectivity index (χ0n) is 11.8. The minimum Gasteiger partial charge on any atom is -0.337 e. The van der Waals surface area contributed by atoms with Gasteiger partial charge < -0.3 is 4.90 Å². The second-order valence-electron chi connectivity index (χ2n) is 5.75. The highest BCUT2D eigenvalue weighted by molar-refractivity contribution is 5.96. The van der Waals surface area contributed by atoms with Crippen molar-refractivity contribution in [3.63, 3.8) is 0 Å². The highest BCUT2D eigenvalue weighted by Crippen LogP contribution is 2.23. The second kappa shape index (κ2) is 4.96. The maximum atomic E-state index is 12.6. The summed E-state index contributed by atoms with van der Waals surface area (Å²) in [7, 11) is 0. The molecule has 2 fully saturated rings. The molecule has 0 radical (unpaired) electrons. The quantitative estimate of drug-likeness (QED) is 0.875. The number of carbonyl (C=O) groups excluding carboxylic acids is 1. The third-order valence-electron chi connectivity index (χ3n) is 4.45. The van der Waals surface area contributed by atoms with Crippen molar-refractivity contribution in [2.24, 2.45) is 0 Å². The molecule has 0 spiro atoms. The number of likely N-dealkylation sites (tertiary alicyclic amines) is 2. The lowest BCUT2D eigenvalue weighted by molar-refractivity contribution is 0.0778. The molecule has 5 nitrogen and oxygen atoms in total. The highest BCUT2D eigenvalue weighted by Gasteiger charge is 2.33. The van der Waals surface area contributed by atoms with Crippen LogP contribution in [0, 0.1) is 13.8 Å². The molecule has 1 unspecified atom stereocenters. The average Bonchev–Trinajstić information content (AvgIpc) is 3.09. The Morgan fingerprint density at radius 2 is 2.00 bits per heavy atom. The van der Waals surface area contributed by atoms with Crippen LogP contribution in [0.3, 0.4) is 0 Å². The fourth-order valence-electron chi connectivity index (χ4n) is 3.36. The third-order valence-corrected chi connectivity index (χ3v) is 4.45. The van der Waals surface area contributed by atoms with E-state index in [2.05, 4.69) is 15.1 Å². The van der Waals surface area contributed by atoms with E-state index >= 15 is 0 Å². The second-order valence-corrected chi connectivity index (χ2v) is 5.75. The number of aryl methyl sites for hydroxylation is 2. The van der Waals surface area contributed by atoms with Crippen LogP contribution in [0.1, 0.15) is 41.0 Å². The van der Waals surface area contributed by atoms with Gasteiger partial charge in [0.1, 0.15) is 0 Å². The molecule has 0 bridgehead atoms. The van der Waals surface area contributed by atoms with Gasteiger partial charge in [0.15, 0.2) is 0 Å². The Bertz CT molecular complexity index is 456. The van der Waals surface area contributed by atoms with Crippen molar-refractivity contribution in [1.29, 1.82) is 0 Å². The van der Waals surface area contributed by atoms with E-state index in [1.807, 2.05) is 18.7 Å². The zero-order valence-corrected chi connectivity index (χ0v) is 11.8. The van der Waals surface area contributed by atoms with E-state index in [4.69, 9.17) is 0 Å². The van der Waals surface area contributed by atoms with Crippen molar-refractivity contribution in [3.8, 4) is 0 Å². The molecule has 1 aromatic heterocycles. The number of H-pyrrole nitrogens is 1. The maximum Gasteiger partial charge on any atom is 0.257 e. The molecule has 104 valence electrons. The number of nitrogens with zero attached hydrogens (tertiary/aromatic N) is 3. The molecule has 2 saturated heterocycles. The lowest BCUT2D eigenvalue weighted by atomic mass is 10.2. The summed E-state index contributed by atoms with van der Waals surface area (Å²) in [6.07, 6.45) is 3.73. The number of aromatic amines is 1. The Labute approximate surface area is 114 Å². The summed E-state index contributed by atoms with van der Waals surface area (Å²) in [5.41, 5.74) is 2.46. The van der Waals surface area contributed by atoms with E-state index in [1.54, 1.807) is 0 Å². The molecule has 1 amide bonds. The number of nitrogens with one attached hydrogen (secondary N) is 1. The summed E-state index contributed by atoms with van der Waals surface area (Å²) < 4.78 is 0.